The Balaban J connectivity index is 1.96. The van der Waals surface area contributed by atoms with Gasteiger partial charge in [0.05, 0.1) is 11.4 Å². The van der Waals surface area contributed by atoms with Crippen LogP contribution in [-0.2, 0) is 9.59 Å². The third kappa shape index (κ3) is 4.77. The fourth-order valence-electron chi connectivity index (χ4n) is 2.55. The Hall–Kier alpha value is -2.04. The summed E-state index contributed by atoms with van der Waals surface area (Å²) in [4.78, 5) is 25.1. The van der Waals surface area contributed by atoms with Gasteiger partial charge < -0.3 is 15.5 Å². The summed E-state index contributed by atoms with van der Waals surface area (Å²) >= 11 is 0. The molecule has 21 heavy (non-hydrogen) atoms. The first-order valence-electron chi connectivity index (χ1n) is 7.55. The number of carbonyl (C=O) groups excluding carboxylic acids is 2. The van der Waals surface area contributed by atoms with Crippen LogP contribution in [0.2, 0.25) is 0 Å². The van der Waals surface area contributed by atoms with Crippen molar-refractivity contribution < 1.29 is 9.59 Å². The molecule has 1 heterocycles. The van der Waals surface area contributed by atoms with E-state index in [1.165, 1.54) is 26.2 Å². The summed E-state index contributed by atoms with van der Waals surface area (Å²) in [5, 5.41) is 5.58. The summed E-state index contributed by atoms with van der Waals surface area (Å²) < 4.78 is 0. The minimum Gasteiger partial charge on any atom is -0.370 e. The summed E-state index contributed by atoms with van der Waals surface area (Å²) in [5.41, 5.74) is 1.94. The maximum atomic E-state index is 11.9. The van der Waals surface area contributed by atoms with Crippen molar-refractivity contribution in [1.29, 1.82) is 0 Å². The number of benzene rings is 1. The first-order valence-corrected chi connectivity index (χ1v) is 7.55. The highest BCUT2D eigenvalue weighted by Crippen LogP contribution is 2.28. The molecule has 1 aromatic carbocycles. The molecule has 0 unspecified atom stereocenters. The predicted octanol–water partition coefficient (Wildman–Crippen LogP) is 2.14. The van der Waals surface area contributed by atoms with Crippen LogP contribution in [0, 0.1) is 0 Å². The van der Waals surface area contributed by atoms with Crippen molar-refractivity contribution in [3.05, 3.63) is 24.3 Å². The summed E-state index contributed by atoms with van der Waals surface area (Å²) in [6.45, 7) is 3.90. The third-order valence-corrected chi connectivity index (χ3v) is 3.60. The highest BCUT2D eigenvalue weighted by atomic mass is 16.2. The van der Waals surface area contributed by atoms with Gasteiger partial charge in [-0.05, 0) is 31.4 Å². The summed E-state index contributed by atoms with van der Waals surface area (Å²) in [5.74, 6) is -0.190. The minimum absolute atomic E-state index is 0.0757. The van der Waals surface area contributed by atoms with E-state index in [2.05, 4.69) is 21.6 Å². The molecule has 0 radical (unpaired) electrons. The molecule has 0 bridgehead atoms. The fourth-order valence-corrected chi connectivity index (χ4v) is 2.55. The average molecular weight is 289 g/mol. The van der Waals surface area contributed by atoms with Crippen LogP contribution in [0.5, 0.6) is 0 Å². The van der Waals surface area contributed by atoms with Crippen molar-refractivity contribution in [2.75, 3.05) is 29.9 Å². The zero-order valence-electron chi connectivity index (χ0n) is 12.5. The highest BCUT2D eigenvalue weighted by Gasteiger charge is 2.15. The van der Waals surface area contributed by atoms with Gasteiger partial charge in [-0.25, -0.2) is 0 Å². The van der Waals surface area contributed by atoms with Crippen molar-refractivity contribution in [3.8, 4) is 0 Å². The standard InChI is InChI=1S/C16H23N3O2/c1-13(20)17-10-9-16(21)18-14-7-3-4-8-15(14)19-11-5-2-6-12-19/h3-4,7-8H,2,5-6,9-12H2,1H3,(H,17,20)(H,18,21). The highest BCUT2D eigenvalue weighted by molar-refractivity contribution is 5.94. The number of anilines is 2. The number of nitrogens with zero attached hydrogens (tertiary/aromatic N) is 1. The van der Waals surface area contributed by atoms with E-state index >= 15 is 0 Å². The Kier molecular flexibility index (Phi) is 5.60. The van der Waals surface area contributed by atoms with Gasteiger partial charge in [0.25, 0.3) is 0 Å². The lowest BCUT2D eigenvalue weighted by Gasteiger charge is -2.30. The van der Waals surface area contributed by atoms with Crippen molar-refractivity contribution in [2.45, 2.75) is 32.6 Å². The molecule has 1 saturated heterocycles. The van der Waals surface area contributed by atoms with E-state index in [0.717, 1.165) is 24.5 Å². The van der Waals surface area contributed by atoms with Crippen LogP contribution < -0.4 is 15.5 Å². The van der Waals surface area contributed by atoms with Gasteiger partial charge in [0.15, 0.2) is 0 Å². The molecule has 114 valence electrons. The molecule has 1 aromatic rings. The van der Waals surface area contributed by atoms with Crippen LogP contribution in [0.3, 0.4) is 0 Å². The normalized spacial score (nSPS) is 14.6. The third-order valence-electron chi connectivity index (χ3n) is 3.60. The molecule has 1 aliphatic heterocycles. The van der Waals surface area contributed by atoms with Crippen LogP contribution in [0.25, 0.3) is 0 Å². The van der Waals surface area contributed by atoms with Gasteiger partial charge in [-0.2, -0.15) is 0 Å². The molecule has 5 nitrogen and oxygen atoms in total. The van der Waals surface area contributed by atoms with Gasteiger partial charge in [0.1, 0.15) is 0 Å². The molecule has 2 rings (SSSR count). The lowest BCUT2D eigenvalue weighted by Crippen LogP contribution is -2.30. The predicted molar refractivity (Wildman–Crippen MR) is 84.4 cm³/mol. The van der Waals surface area contributed by atoms with Gasteiger partial charge in [0, 0.05) is 33.0 Å². The lowest BCUT2D eigenvalue weighted by molar-refractivity contribution is -0.119. The Labute approximate surface area is 125 Å². The van der Waals surface area contributed by atoms with Gasteiger partial charge in [-0.1, -0.05) is 12.1 Å². The molecule has 0 atom stereocenters. The second-order valence-electron chi connectivity index (χ2n) is 5.35. The summed E-state index contributed by atoms with van der Waals surface area (Å²) in [7, 11) is 0. The Morgan fingerprint density at radius 1 is 1.14 bits per heavy atom. The average Bonchev–Trinajstić information content (AvgIpc) is 2.48. The summed E-state index contributed by atoms with van der Waals surface area (Å²) in [6.07, 6.45) is 3.96. The van der Waals surface area contributed by atoms with Crippen molar-refractivity contribution in [1.82, 2.24) is 5.32 Å². The quantitative estimate of drug-likeness (QED) is 0.873. The molecule has 2 N–H and O–H groups in total. The largest absolute Gasteiger partial charge is 0.370 e. The van der Waals surface area contributed by atoms with Crippen molar-refractivity contribution in [2.24, 2.45) is 0 Å². The number of piperidine rings is 1. The number of para-hydroxylation sites is 2. The number of nitrogens with one attached hydrogen (secondary N) is 2. The smallest absolute Gasteiger partial charge is 0.226 e. The van der Waals surface area contributed by atoms with E-state index in [1.54, 1.807) is 0 Å². The van der Waals surface area contributed by atoms with Crippen LogP contribution in [0.4, 0.5) is 11.4 Å². The topological polar surface area (TPSA) is 61.4 Å². The number of hydrogen-bond acceptors (Lipinski definition) is 3. The molecule has 0 spiro atoms. The van der Waals surface area contributed by atoms with Crippen LogP contribution in [0.1, 0.15) is 32.6 Å². The van der Waals surface area contributed by atoms with Crippen LogP contribution in [0.15, 0.2) is 24.3 Å². The molecule has 2 amide bonds. The zero-order valence-corrected chi connectivity index (χ0v) is 12.5. The Morgan fingerprint density at radius 2 is 1.86 bits per heavy atom. The Bertz CT molecular complexity index is 496. The summed E-state index contributed by atoms with van der Waals surface area (Å²) in [6, 6.07) is 7.91. The second kappa shape index (κ2) is 7.67. The zero-order chi connectivity index (χ0) is 15.1. The first kappa shape index (κ1) is 15.4. The minimum atomic E-state index is -0.114. The first-order chi connectivity index (χ1) is 10.2. The van der Waals surface area contributed by atoms with Crippen LogP contribution >= 0.6 is 0 Å². The SMILES string of the molecule is CC(=O)NCCC(=O)Nc1ccccc1N1CCCCC1. The molecule has 5 heteroatoms. The van der Waals surface area contributed by atoms with E-state index in [9.17, 15) is 9.59 Å². The van der Waals surface area contributed by atoms with Crippen molar-refractivity contribution in [3.63, 3.8) is 0 Å². The second-order valence-corrected chi connectivity index (χ2v) is 5.35. The number of carbonyl (C=O) groups is 2. The molecule has 1 aliphatic rings. The van der Waals surface area contributed by atoms with Gasteiger partial charge in [-0.15, -0.1) is 0 Å². The fraction of sp³-hybridized carbons (Fsp3) is 0.500. The Morgan fingerprint density at radius 3 is 2.57 bits per heavy atom. The van der Waals surface area contributed by atoms with E-state index in [0.29, 0.717) is 6.54 Å². The molecule has 0 aliphatic carbocycles. The van der Waals surface area contributed by atoms with Crippen molar-refractivity contribution >= 4 is 23.2 Å². The number of hydrogen-bond donors (Lipinski definition) is 2. The molecular formula is C16H23N3O2. The van der Waals surface area contributed by atoms with Gasteiger partial charge in [0.2, 0.25) is 11.8 Å². The van der Waals surface area contributed by atoms with Gasteiger partial charge >= 0.3 is 0 Å². The van der Waals surface area contributed by atoms with E-state index < -0.39 is 0 Å². The lowest BCUT2D eigenvalue weighted by atomic mass is 10.1. The monoisotopic (exact) mass is 289 g/mol. The van der Waals surface area contributed by atoms with E-state index in [-0.39, 0.29) is 18.2 Å². The number of rotatable bonds is 5. The maximum absolute atomic E-state index is 11.9. The van der Waals surface area contributed by atoms with E-state index in [1.807, 2.05) is 18.2 Å². The maximum Gasteiger partial charge on any atom is 0.226 e. The molecule has 1 fully saturated rings. The van der Waals surface area contributed by atoms with Gasteiger partial charge in [-0.3, -0.25) is 9.59 Å². The molecule has 0 saturated carbocycles. The van der Waals surface area contributed by atoms with E-state index in [4.69, 9.17) is 0 Å². The number of amides is 2. The molecular weight excluding hydrogens is 266 g/mol. The van der Waals surface area contributed by atoms with Crippen LogP contribution in [-0.4, -0.2) is 31.4 Å². The molecule has 0 aromatic heterocycles.